The molecule has 1 aliphatic heterocycles. The number of nitrogens with one attached hydrogen (secondary N) is 1. The van der Waals surface area contributed by atoms with E-state index in [0.29, 0.717) is 19.0 Å². The molecule has 1 aromatic carbocycles. The summed E-state index contributed by atoms with van der Waals surface area (Å²) in [6.45, 7) is 3.06. The van der Waals surface area contributed by atoms with Gasteiger partial charge in [-0.1, -0.05) is 23.3 Å². The summed E-state index contributed by atoms with van der Waals surface area (Å²) in [5.74, 6) is -0.308. The summed E-state index contributed by atoms with van der Waals surface area (Å²) in [4.78, 5) is 26.2. The van der Waals surface area contributed by atoms with E-state index in [9.17, 15) is 9.59 Å². The van der Waals surface area contributed by atoms with Gasteiger partial charge in [-0.15, -0.1) is 5.10 Å². The molecule has 0 spiro atoms. The molecule has 2 aromatic heterocycles. The second-order valence-electron chi connectivity index (χ2n) is 6.20. The summed E-state index contributed by atoms with van der Waals surface area (Å²) in [6, 6.07) is 11.0. The van der Waals surface area contributed by atoms with Gasteiger partial charge >= 0.3 is 6.01 Å². The van der Waals surface area contributed by atoms with Gasteiger partial charge in [-0.05, 0) is 25.1 Å². The zero-order valence-corrected chi connectivity index (χ0v) is 14.7. The lowest BCUT2D eigenvalue weighted by molar-refractivity contribution is -0.117. The van der Waals surface area contributed by atoms with Crippen molar-refractivity contribution < 1.29 is 14.0 Å². The van der Waals surface area contributed by atoms with Crippen LogP contribution in [0.1, 0.15) is 35.6 Å². The molecule has 1 aliphatic rings. The molecule has 2 amide bonds. The van der Waals surface area contributed by atoms with Crippen molar-refractivity contribution in [1.29, 1.82) is 0 Å². The van der Waals surface area contributed by atoms with Crippen LogP contribution in [0.15, 0.2) is 47.0 Å². The number of carbonyl (C=O) groups excluding carboxylic acids is 2. The van der Waals surface area contributed by atoms with Crippen LogP contribution in [-0.4, -0.2) is 38.3 Å². The third-order valence-electron chi connectivity index (χ3n) is 4.40. The maximum absolute atomic E-state index is 12.3. The monoisotopic (exact) mass is 366 g/mol. The maximum atomic E-state index is 12.3. The fraction of sp³-hybridized carbons (Fsp3) is 0.278. The Morgan fingerprint density at radius 3 is 2.81 bits per heavy atom. The first-order valence-corrected chi connectivity index (χ1v) is 8.67. The van der Waals surface area contributed by atoms with Crippen LogP contribution in [0.4, 0.5) is 11.7 Å². The van der Waals surface area contributed by atoms with Crippen molar-refractivity contribution in [2.24, 2.45) is 0 Å². The van der Waals surface area contributed by atoms with E-state index in [1.807, 2.05) is 37.3 Å². The number of hydrogen-bond donors (Lipinski definition) is 1. The number of benzene rings is 1. The van der Waals surface area contributed by atoms with Crippen LogP contribution in [-0.2, 0) is 11.3 Å². The standard InChI is InChI=1S/C18H18N6O3/c1-2-23-9-8-14(22-23)16(26)19-18-21-20-17(27-18)12-10-15(25)24(11-12)13-6-4-3-5-7-13/h3-9,12H,2,10-11H2,1H3,(H,19,21,26). The van der Waals surface area contributed by atoms with Gasteiger partial charge in [0.15, 0.2) is 5.69 Å². The van der Waals surface area contributed by atoms with Gasteiger partial charge in [0.2, 0.25) is 11.8 Å². The molecule has 9 heteroatoms. The molecule has 1 atom stereocenters. The van der Waals surface area contributed by atoms with E-state index >= 15 is 0 Å². The summed E-state index contributed by atoms with van der Waals surface area (Å²) in [7, 11) is 0. The largest absolute Gasteiger partial charge is 0.407 e. The summed E-state index contributed by atoms with van der Waals surface area (Å²) in [5.41, 5.74) is 1.10. The Labute approximate surface area is 155 Å². The highest BCUT2D eigenvalue weighted by atomic mass is 16.4. The first kappa shape index (κ1) is 17.0. The van der Waals surface area contributed by atoms with E-state index in [-0.39, 0.29) is 30.0 Å². The van der Waals surface area contributed by atoms with Crippen molar-refractivity contribution in [2.75, 3.05) is 16.8 Å². The van der Waals surface area contributed by atoms with Crippen molar-refractivity contribution in [3.63, 3.8) is 0 Å². The number of amides is 2. The number of anilines is 2. The molecule has 138 valence electrons. The smallest absolute Gasteiger partial charge is 0.322 e. The Hall–Kier alpha value is -3.49. The molecule has 27 heavy (non-hydrogen) atoms. The minimum absolute atomic E-state index is 0.0000842. The molecular formula is C18H18N6O3. The van der Waals surface area contributed by atoms with E-state index < -0.39 is 5.91 Å². The molecular weight excluding hydrogens is 348 g/mol. The Morgan fingerprint density at radius 2 is 2.07 bits per heavy atom. The number of rotatable bonds is 5. The molecule has 4 rings (SSSR count). The predicted molar refractivity (Wildman–Crippen MR) is 96.3 cm³/mol. The van der Waals surface area contributed by atoms with Crippen LogP contribution in [0.25, 0.3) is 0 Å². The van der Waals surface area contributed by atoms with Crippen molar-refractivity contribution >= 4 is 23.5 Å². The number of nitrogens with zero attached hydrogens (tertiary/aromatic N) is 5. The molecule has 1 fully saturated rings. The summed E-state index contributed by atoms with van der Waals surface area (Å²) in [6.07, 6.45) is 2.00. The molecule has 0 aliphatic carbocycles. The SMILES string of the molecule is CCn1ccc(C(=O)Nc2nnc(C3CC(=O)N(c4ccccc4)C3)o2)n1. The number of hydrogen-bond acceptors (Lipinski definition) is 6. The third-order valence-corrected chi connectivity index (χ3v) is 4.40. The van der Waals surface area contributed by atoms with Gasteiger partial charge in [-0.2, -0.15) is 5.10 Å². The maximum Gasteiger partial charge on any atom is 0.322 e. The summed E-state index contributed by atoms with van der Waals surface area (Å²) in [5, 5.41) is 14.5. The predicted octanol–water partition coefficient (Wildman–Crippen LogP) is 2.06. The normalized spacial score (nSPS) is 16.7. The van der Waals surface area contributed by atoms with Crippen LogP contribution in [0.5, 0.6) is 0 Å². The molecule has 0 saturated carbocycles. The molecule has 3 heterocycles. The third kappa shape index (κ3) is 3.43. The van der Waals surface area contributed by atoms with Crippen molar-refractivity contribution in [3.05, 3.63) is 54.2 Å². The average molecular weight is 366 g/mol. The lowest BCUT2D eigenvalue weighted by Gasteiger charge is -2.15. The van der Waals surface area contributed by atoms with Crippen LogP contribution >= 0.6 is 0 Å². The summed E-state index contributed by atoms with van der Waals surface area (Å²) >= 11 is 0. The number of aryl methyl sites for hydroxylation is 1. The van der Waals surface area contributed by atoms with Gasteiger partial charge in [0.25, 0.3) is 5.91 Å². The van der Waals surface area contributed by atoms with E-state index in [0.717, 1.165) is 5.69 Å². The molecule has 0 bridgehead atoms. The minimum Gasteiger partial charge on any atom is -0.407 e. The van der Waals surface area contributed by atoms with E-state index in [2.05, 4.69) is 20.6 Å². The van der Waals surface area contributed by atoms with Gasteiger partial charge in [0.1, 0.15) is 0 Å². The van der Waals surface area contributed by atoms with Crippen molar-refractivity contribution in [1.82, 2.24) is 20.0 Å². The zero-order chi connectivity index (χ0) is 18.8. The second-order valence-corrected chi connectivity index (χ2v) is 6.20. The van der Waals surface area contributed by atoms with Gasteiger partial charge in [0.05, 0.1) is 5.92 Å². The number of para-hydroxylation sites is 1. The zero-order valence-electron chi connectivity index (χ0n) is 14.7. The van der Waals surface area contributed by atoms with E-state index in [4.69, 9.17) is 4.42 Å². The highest BCUT2D eigenvalue weighted by Crippen LogP contribution is 2.31. The number of aromatic nitrogens is 4. The first-order valence-electron chi connectivity index (χ1n) is 8.67. The van der Waals surface area contributed by atoms with Gasteiger partial charge in [-0.3, -0.25) is 19.6 Å². The van der Waals surface area contributed by atoms with E-state index in [1.165, 1.54) is 0 Å². The highest BCUT2D eigenvalue weighted by Gasteiger charge is 2.35. The van der Waals surface area contributed by atoms with Gasteiger partial charge in [-0.25, -0.2) is 0 Å². The van der Waals surface area contributed by atoms with Crippen molar-refractivity contribution in [3.8, 4) is 0 Å². The van der Waals surface area contributed by atoms with Crippen LogP contribution in [0.2, 0.25) is 0 Å². The Balaban J connectivity index is 1.43. The lowest BCUT2D eigenvalue weighted by Crippen LogP contribution is -2.24. The van der Waals surface area contributed by atoms with Gasteiger partial charge < -0.3 is 9.32 Å². The van der Waals surface area contributed by atoms with E-state index in [1.54, 1.807) is 21.8 Å². The fourth-order valence-electron chi connectivity index (χ4n) is 3.00. The van der Waals surface area contributed by atoms with Gasteiger partial charge in [0, 0.05) is 31.4 Å². The molecule has 1 saturated heterocycles. The summed E-state index contributed by atoms with van der Waals surface area (Å²) < 4.78 is 7.21. The van der Waals surface area contributed by atoms with Crippen LogP contribution in [0, 0.1) is 0 Å². The Morgan fingerprint density at radius 1 is 1.26 bits per heavy atom. The van der Waals surface area contributed by atoms with Crippen LogP contribution < -0.4 is 10.2 Å². The molecule has 1 unspecified atom stereocenters. The molecule has 0 radical (unpaired) electrons. The average Bonchev–Trinajstić information content (AvgIpc) is 3.41. The molecule has 3 aromatic rings. The molecule has 1 N–H and O–H groups in total. The molecule has 9 nitrogen and oxygen atoms in total. The quantitative estimate of drug-likeness (QED) is 0.741. The minimum atomic E-state index is -0.425. The fourth-order valence-corrected chi connectivity index (χ4v) is 3.00. The first-order chi connectivity index (χ1) is 13.1. The Bertz CT molecular complexity index is 964. The lowest BCUT2D eigenvalue weighted by atomic mass is 10.1. The van der Waals surface area contributed by atoms with Crippen LogP contribution in [0.3, 0.4) is 0 Å². The van der Waals surface area contributed by atoms with Crippen molar-refractivity contribution in [2.45, 2.75) is 25.8 Å². The Kier molecular flexibility index (Phi) is 4.41. The number of carbonyl (C=O) groups is 2. The second kappa shape index (κ2) is 7.02. The highest BCUT2D eigenvalue weighted by molar-refractivity contribution is 6.01. The topological polar surface area (TPSA) is 106 Å².